The van der Waals surface area contributed by atoms with Crippen LogP contribution < -0.4 is 0 Å². The summed E-state index contributed by atoms with van der Waals surface area (Å²) in [5.41, 5.74) is 0. The lowest BCUT2D eigenvalue weighted by Crippen LogP contribution is -2.11. The van der Waals surface area contributed by atoms with Crippen molar-refractivity contribution >= 4 is 11.9 Å². The summed E-state index contributed by atoms with van der Waals surface area (Å²) in [6, 6.07) is 0. The van der Waals surface area contributed by atoms with Gasteiger partial charge < -0.3 is 9.47 Å². The summed E-state index contributed by atoms with van der Waals surface area (Å²) in [7, 11) is 0. The molecule has 0 rings (SSSR count). The molecule has 32 heavy (non-hydrogen) atoms. The van der Waals surface area contributed by atoms with Crippen LogP contribution in [0.15, 0.2) is 0 Å². The molecule has 0 aromatic heterocycles. The molecule has 0 N–H and O–H groups in total. The highest BCUT2D eigenvalue weighted by Crippen LogP contribution is 2.11. The fourth-order valence-electron chi connectivity index (χ4n) is 3.55. The summed E-state index contributed by atoms with van der Waals surface area (Å²) >= 11 is 0. The van der Waals surface area contributed by atoms with Crippen molar-refractivity contribution in [2.45, 2.75) is 142 Å². The maximum Gasteiger partial charge on any atom is 0.306 e. The normalized spacial score (nSPS) is 10.4. The second kappa shape index (κ2) is 25.8. The molecular formula is C28H50O4. The third kappa shape index (κ3) is 24.8. The Labute approximate surface area is 198 Å². The minimum Gasteiger partial charge on any atom is -0.466 e. The van der Waals surface area contributed by atoms with Crippen LogP contribution in [0.1, 0.15) is 142 Å². The second-order valence-electron chi connectivity index (χ2n) is 8.70. The maximum atomic E-state index is 11.7. The second-order valence-corrected chi connectivity index (χ2v) is 8.70. The Morgan fingerprint density at radius 2 is 0.938 bits per heavy atom. The van der Waals surface area contributed by atoms with Crippen LogP contribution in [0.4, 0.5) is 0 Å². The van der Waals surface area contributed by atoms with E-state index in [1.54, 1.807) is 0 Å². The smallest absolute Gasteiger partial charge is 0.306 e. The van der Waals surface area contributed by atoms with E-state index in [1.807, 2.05) is 0 Å². The number of hydrogen-bond acceptors (Lipinski definition) is 4. The van der Waals surface area contributed by atoms with Gasteiger partial charge in [0.1, 0.15) is 0 Å². The van der Waals surface area contributed by atoms with Crippen LogP contribution in [0.5, 0.6) is 0 Å². The van der Waals surface area contributed by atoms with Gasteiger partial charge in [0.15, 0.2) is 0 Å². The van der Waals surface area contributed by atoms with Crippen molar-refractivity contribution in [2.24, 2.45) is 0 Å². The van der Waals surface area contributed by atoms with Crippen molar-refractivity contribution < 1.29 is 19.1 Å². The third-order valence-electron chi connectivity index (χ3n) is 5.56. The monoisotopic (exact) mass is 450 g/mol. The van der Waals surface area contributed by atoms with E-state index in [4.69, 9.17) is 9.47 Å². The number of unbranched alkanes of at least 4 members (excludes halogenated alkanes) is 15. The Balaban J connectivity index is 3.33. The zero-order chi connectivity index (χ0) is 23.5. The number of esters is 2. The summed E-state index contributed by atoms with van der Waals surface area (Å²) in [5.74, 6) is 5.68. The molecule has 0 aromatic carbocycles. The molecule has 0 saturated carbocycles. The van der Waals surface area contributed by atoms with Gasteiger partial charge in [0.05, 0.1) is 26.1 Å². The van der Waals surface area contributed by atoms with Crippen molar-refractivity contribution in [2.75, 3.05) is 13.2 Å². The van der Waals surface area contributed by atoms with Gasteiger partial charge in [-0.15, -0.1) is 11.8 Å². The average Bonchev–Trinajstić information content (AvgIpc) is 2.79. The molecule has 0 bridgehead atoms. The summed E-state index contributed by atoms with van der Waals surface area (Å²) < 4.78 is 10.4. The first-order valence-electron chi connectivity index (χ1n) is 13.5. The van der Waals surface area contributed by atoms with Crippen LogP contribution in [0.2, 0.25) is 0 Å². The van der Waals surface area contributed by atoms with E-state index < -0.39 is 0 Å². The van der Waals surface area contributed by atoms with Crippen molar-refractivity contribution in [1.82, 2.24) is 0 Å². The number of carbonyl (C=O) groups excluding carboxylic acids is 2. The molecule has 0 aromatic rings. The first kappa shape index (κ1) is 30.5. The molecule has 0 fully saturated rings. The van der Waals surface area contributed by atoms with Gasteiger partial charge in [-0.25, -0.2) is 0 Å². The molecule has 186 valence electrons. The van der Waals surface area contributed by atoms with Gasteiger partial charge in [-0.1, -0.05) is 97.3 Å². The topological polar surface area (TPSA) is 52.6 Å². The lowest BCUT2D eigenvalue weighted by molar-refractivity contribution is -0.150. The van der Waals surface area contributed by atoms with E-state index in [-0.39, 0.29) is 24.8 Å². The highest BCUT2D eigenvalue weighted by atomic mass is 16.5. The molecule has 0 heterocycles. The number of carbonyl (C=O) groups is 2. The van der Waals surface area contributed by atoms with Crippen molar-refractivity contribution in [3.8, 4) is 11.8 Å². The van der Waals surface area contributed by atoms with E-state index in [2.05, 4.69) is 25.7 Å². The fourth-order valence-corrected chi connectivity index (χ4v) is 3.55. The molecule has 0 aliphatic rings. The quantitative estimate of drug-likeness (QED) is 0.0955. The fraction of sp³-hybridized carbons (Fsp3) is 0.857. The van der Waals surface area contributed by atoms with E-state index in [0.29, 0.717) is 13.2 Å². The van der Waals surface area contributed by atoms with E-state index in [1.165, 1.54) is 77.0 Å². The van der Waals surface area contributed by atoms with E-state index in [0.717, 1.165) is 38.5 Å². The minimum atomic E-state index is -0.296. The Bertz CT molecular complexity index is 489. The van der Waals surface area contributed by atoms with Crippen molar-refractivity contribution in [3.05, 3.63) is 0 Å². The first-order chi connectivity index (χ1) is 15.7. The number of hydrogen-bond donors (Lipinski definition) is 0. The Hall–Kier alpha value is -1.50. The maximum absolute atomic E-state index is 11.7. The molecule has 4 heteroatoms. The van der Waals surface area contributed by atoms with Gasteiger partial charge in [0.25, 0.3) is 0 Å². The molecular weight excluding hydrogens is 400 g/mol. The molecule has 0 unspecified atom stereocenters. The van der Waals surface area contributed by atoms with Gasteiger partial charge in [-0.3, -0.25) is 9.59 Å². The molecule has 0 aliphatic carbocycles. The van der Waals surface area contributed by atoms with E-state index in [9.17, 15) is 9.59 Å². The van der Waals surface area contributed by atoms with Crippen LogP contribution in [0.3, 0.4) is 0 Å². The predicted octanol–water partition coefficient (Wildman–Crippen LogP) is 7.92. The summed E-state index contributed by atoms with van der Waals surface area (Å²) in [4.78, 5) is 23.5. The Morgan fingerprint density at radius 1 is 0.531 bits per heavy atom. The predicted molar refractivity (Wildman–Crippen MR) is 133 cm³/mol. The van der Waals surface area contributed by atoms with E-state index >= 15 is 0 Å². The van der Waals surface area contributed by atoms with Crippen LogP contribution in [-0.4, -0.2) is 25.2 Å². The zero-order valence-electron chi connectivity index (χ0n) is 21.2. The standard InChI is InChI=1S/C28H50O4/c1-3-5-7-9-11-13-15-17-19-21-25-31-27(29)23-24-28(30)32-26-22-20-18-16-14-12-10-8-6-4-2/h3-5,7,9-26H2,1-2H3. The lowest BCUT2D eigenvalue weighted by Gasteiger charge is -2.06. The van der Waals surface area contributed by atoms with Crippen molar-refractivity contribution in [3.63, 3.8) is 0 Å². The molecule has 0 radical (unpaired) electrons. The molecule has 0 spiro atoms. The Morgan fingerprint density at radius 3 is 1.38 bits per heavy atom. The van der Waals surface area contributed by atoms with Crippen LogP contribution in [0.25, 0.3) is 0 Å². The lowest BCUT2D eigenvalue weighted by atomic mass is 10.1. The van der Waals surface area contributed by atoms with Gasteiger partial charge in [-0.05, 0) is 19.3 Å². The summed E-state index contributed by atoms with van der Waals surface area (Å²) in [6.07, 6.45) is 21.5. The average molecular weight is 451 g/mol. The van der Waals surface area contributed by atoms with Crippen LogP contribution in [-0.2, 0) is 19.1 Å². The van der Waals surface area contributed by atoms with Crippen LogP contribution >= 0.6 is 0 Å². The minimum absolute atomic E-state index is 0.121. The molecule has 0 atom stereocenters. The molecule has 0 amide bonds. The van der Waals surface area contributed by atoms with Gasteiger partial charge >= 0.3 is 11.9 Å². The largest absolute Gasteiger partial charge is 0.466 e. The molecule has 0 aliphatic heterocycles. The number of rotatable bonds is 22. The first-order valence-corrected chi connectivity index (χ1v) is 13.5. The van der Waals surface area contributed by atoms with Gasteiger partial charge in [0, 0.05) is 12.8 Å². The Kier molecular flexibility index (Phi) is 24.6. The van der Waals surface area contributed by atoms with Crippen molar-refractivity contribution in [1.29, 1.82) is 0 Å². The summed E-state index contributed by atoms with van der Waals surface area (Å²) in [6.45, 7) is 5.24. The SMILES string of the molecule is CCC#CCCCCCCCCOC(=O)CCC(=O)OCCCCCCCCCCCC. The number of ether oxygens (including phenoxy) is 2. The molecule has 4 nitrogen and oxygen atoms in total. The highest BCUT2D eigenvalue weighted by molar-refractivity contribution is 5.77. The summed E-state index contributed by atoms with van der Waals surface area (Å²) in [5, 5.41) is 0. The third-order valence-corrected chi connectivity index (χ3v) is 5.56. The van der Waals surface area contributed by atoms with Gasteiger partial charge in [-0.2, -0.15) is 0 Å². The molecule has 0 saturated heterocycles. The van der Waals surface area contributed by atoms with Gasteiger partial charge in [0.2, 0.25) is 0 Å². The van der Waals surface area contributed by atoms with Crippen LogP contribution in [0, 0.1) is 11.8 Å². The zero-order valence-corrected chi connectivity index (χ0v) is 21.2. The highest BCUT2D eigenvalue weighted by Gasteiger charge is 2.09.